The molecule has 1 rings (SSSR count). The van der Waals surface area contributed by atoms with Crippen LogP contribution in [0.15, 0.2) is 0 Å². The van der Waals surface area contributed by atoms with Gasteiger partial charge in [-0.1, -0.05) is 0 Å². The quantitative estimate of drug-likeness (QED) is 0.644. The van der Waals surface area contributed by atoms with Gasteiger partial charge in [-0.3, -0.25) is 4.79 Å². The van der Waals surface area contributed by atoms with Crippen molar-refractivity contribution in [1.29, 1.82) is 0 Å². The van der Waals surface area contributed by atoms with Crippen LogP contribution in [0.1, 0.15) is 19.3 Å². The Labute approximate surface area is 79.0 Å². The number of amides is 1. The van der Waals surface area contributed by atoms with E-state index in [1.165, 1.54) is 6.42 Å². The summed E-state index contributed by atoms with van der Waals surface area (Å²) in [7, 11) is 1.64. The average molecular weight is 186 g/mol. The van der Waals surface area contributed by atoms with Gasteiger partial charge in [0.2, 0.25) is 5.91 Å². The van der Waals surface area contributed by atoms with Crippen LogP contribution in [0, 0.1) is 0 Å². The number of hydrogen-bond donors (Lipinski definition) is 2. The molecule has 1 amide bonds. The molecular weight excluding hydrogens is 168 g/mol. The Morgan fingerprint density at radius 2 is 2.54 bits per heavy atom. The van der Waals surface area contributed by atoms with Crippen LogP contribution in [-0.2, 0) is 9.53 Å². The first kappa shape index (κ1) is 10.5. The SMILES string of the molecule is CNC(=O)CCOC1CCCNC1. The zero-order valence-electron chi connectivity index (χ0n) is 8.14. The minimum absolute atomic E-state index is 0.0452. The van der Waals surface area contributed by atoms with Crippen LogP contribution in [0.3, 0.4) is 0 Å². The lowest BCUT2D eigenvalue weighted by molar-refractivity contribution is -0.122. The summed E-state index contributed by atoms with van der Waals surface area (Å²) in [6, 6.07) is 0. The molecule has 0 radical (unpaired) electrons. The largest absolute Gasteiger partial charge is 0.376 e. The van der Waals surface area contributed by atoms with Crippen molar-refractivity contribution in [2.45, 2.75) is 25.4 Å². The second-order valence-corrected chi connectivity index (χ2v) is 3.26. The van der Waals surface area contributed by atoms with Gasteiger partial charge in [0.25, 0.3) is 0 Å². The average Bonchev–Trinajstić information content (AvgIpc) is 2.19. The van der Waals surface area contributed by atoms with Crippen molar-refractivity contribution in [2.75, 3.05) is 26.7 Å². The van der Waals surface area contributed by atoms with Crippen molar-refractivity contribution < 1.29 is 9.53 Å². The molecule has 1 aliphatic heterocycles. The Morgan fingerprint density at radius 3 is 3.15 bits per heavy atom. The summed E-state index contributed by atoms with van der Waals surface area (Å²) in [6.45, 7) is 2.55. The van der Waals surface area contributed by atoms with E-state index in [0.29, 0.717) is 19.1 Å². The molecule has 0 aromatic heterocycles. The third kappa shape index (κ3) is 4.24. The van der Waals surface area contributed by atoms with E-state index in [-0.39, 0.29) is 5.91 Å². The van der Waals surface area contributed by atoms with Gasteiger partial charge in [-0.05, 0) is 19.4 Å². The molecule has 1 heterocycles. The van der Waals surface area contributed by atoms with Crippen LogP contribution < -0.4 is 10.6 Å². The highest BCUT2D eigenvalue weighted by molar-refractivity contribution is 5.75. The molecule has 1 fully saturated rings. The minimum Gasteiger partial charge on any atom is -0.376 e. The third-order valence-corrected chi connectivity index (χ3v) is 2.21. The molecular formula is C9H18N2O2. The van der Waals surface area contributed by atoms with E-state index in [4.69, 9.17) is 4.74 Å². The highest BCUT2D eigenvalue weighted by atomic mass is 16.5. The molecule has 2 N–H and O–H groups in total. The fourth-order valence-corrected chi connectivity index (χ4v) is 1.41. The van der Waals surface area contributed by atoms with Crippen molar-refractivity contribution in [1.82, 2.24) is 10.6 Å². The van der Waals surface area contributed by atoms with Crippen molar-refractivity contribution in [3.63, 3.8) is 0 Å². The molecule has 0 aromatic rings. The normalized spacial score (nSPS) is 22.7. The topological polar surface area (TPSA) is 50.4 Å². The Balaban J connectivity index is 2.01. The highest BCUT2D eigenvalue weighted by Crippen LogP contribution is 2.05. The molecule has 1 saturated heterocycles. The fourth-order valence-electron chi connectivity index (χ4n) is 1.41. The lowest BCUT2D eigenvalue weighted by Gasteiger charge is -2.22. The van der Waals surface area contributed by atoms with E-state index in [2.05, 4.69) is 10.6 Å². The summed E-state index contributed by atoms with van der Waals surface area (Å²) in [4.78, 5) is 10.8. The first-order valence-electron chi connectivity index (χ1n) is 4.86. The van der Waals surface area contributed by atoms with E-state index in [1.807, 2.05) is 0 Å². The molecule has 76 valence electrons. The molecule has 1 aliphatic rings. The monoisotopic (exact) mass is 186 g/mol. The Morgan fingerprint density at radius 1 is 1.69 bits per heavy atom. The van der Waals surface area contributed by atoms with Crippen LogP contribution >= 0.6 is 0 Å². The predicted molar refractivity (Wildman–Crippen MR) is 50.5 cm³/mol. The van der Waals surface area contributed by atoms with E-state index >= 15 is 0 Å². The number of hydrogen-bond acceptors (Lipinski definition) is 3. The summed E-state index contributed by atoms with van der Waals surface area (Å²) in [6.07, 6.45) is 3.05. The van der Waals surface area contributed by atoms with Gasteiger partial charge in [0.15, 0.2) is 0 Å². The molecule has 1 unspecified atom stereocenters. The molecule has 1 atom stereocenters. The van der Waals surface area contributed by atoms with Gasteiger partial charge in [-0.2, -0.15) is 0 Å². The molecule has 0 aliphatic carbocycles. The van der Waals surface area contributed by atoms with Gasteiger partial charge in [0.1, 0.15) is 0 Å². The van der Waals surface area contributed by atoms with Gasteiger partial charge in [0.05, 0.1) is 12.7 Å². The number of carbonyl (C=O) groups is 1. The van der Waals surface area contributed by atoms with E-state index in [1.54, 1.807) is 7.05 Å². The van der Waals surface area contributed by atoms with Gasteiger partial charge >= 0.3 is 0 Å². The molecule has 0 aromatic carbocycles. The highest BCUT2D eigenvalue weighted by Gasteiger charge is 2.12. The lowest BCUT2D eigenvalue weighted by Crippen LogP contribution is -2.36. The molecule has 4 heteroatoms. The fraction of sp³-hybridized carbons (Fsp3) is 0.889. The Bertz CT molecular complexity index is 156. The second kappa shape index (κ2) is 5.94. The molecule has 13 heavy (non-hydrogen) atoms. The number of piperidine rings is 1. The Kier molecular flexibility index (Phi) is 4.78. The maximum absolute atomic E-state index is 10.8. The van der Waals surface area contributed by atoms with Gasteiger partial charge in [-0.15, -0.1) is 0 Å². The molecule has 0 spiro atoms. The smallest absolute Gasteiger partial charge is 0.222 e. The second-order valence-electron chi connectivity index (χ2n) is 3.26. The number of carbonyl (C=O) groups excluding carboxylic acids is 1. The van der Waals surface area contributed by atoms with E-state index in [9.17, 15) is 4.79 Å². The van der Waals surface area contributed by atoms with Crippen molar-refractivity contribution in [3.8, 4) is 0 Å². The van der Waals surface area contributed by atoms with Crippen molar-refractivity contribution in [2.24, 2.45) is 0 Å². The molecule has 4 nitrogen and oxygen atoms in total. The van der Waals surface area contributed by atoms with Crippen LogP contribution in [0.4, 0.5) is 0 Å². The predicted octanol–water partition coefficient (Wildman–Crippen LogP) is -0.109. The zero-order chi connectivity index (χ0) is 9.52. The van der Waals surface area contributed by atoms with Crippen molar-refractivity contribution in [3.05, 3.63) is 0 Å². The van der Waals surface area contributed by atoms with Crippen LogP contribution in [-0.4, -0.2) is 38.8 Å². The maximum atomic E-state index is 10.8. The van der Waals surface area contributed by atoms with Gasteiger partial charge in [-0.25, -0.2) is 0 Å². The van der Waals surface area contributed by atoms with Gasteiger partial charge < -0.3 is 15.4 Å². The van der Waals surface area contributed by atoms with E-state index < -0.39 is 0 Å². The van der Waals surface area contributed by atoms with E-state index in [0.717, 1.165) is 19.5 Å². The summed E-state index contributed by atoms with van der Waals surface area (Å²) in [5.41, 5.74) is 0. The Hall–Kier alpha value is -0.610. The van der Waals surface area contributed by atoms with Crippen LogP contribution in [0.5, 0.6) is 0 Å². The zero-order valence-corrected chi connectivity index (χ0v) is 8.14. The summed E-state index contributed by atoms with van der Waals surface area (Å²) < 4.78 is 5.53. The summed E-state index contributed by atoms with van der Waals surface area (Å²) >= 11 is 0. The lowest BCUT2D eigenvalue weighted by atomic mass is 10.1. The minimum atomic E-state index is 0.0452. The first-order valence-corrected chi connectivity index (χ1v) is 4.86. The van der Waals surface area contributed by atoms with Crippen LogP contribution in [0.25, 0.3) is 0 Å². The van der Waals surface area contributed by atoms with Crippen molar-refractivity contribution >= 4 is 5.91 Å². The molecule has 0 saturated carbocycles. The first-order chi connectivity index (χ1) is 6.33. The number of ether oxygens (including phenoxy) is 1. The standard InChI is InChI=1S/C9H18N2O2/c1-10-9(12)4-6-13-8-3-2-5-11-7-8/h8,11H,2-7H2,1H3,(H,10,12). The maximum Gasteiger partial charge on any atom is 0.222 e. The third-order valence-electron chi connectivity index (χ3n) is 2.21. The summed E-state index contributed by atoms with van der Waals surface area (Å²) in [5.74, 6) is 0.0452. The summed E-state index contributed by atoms with van der Waals surface area (Å²) in [5, 5.41) is 5.83. The number of rotatable bonds is 4. The van der Waals surface area contributed by atoms with Crippen LogP contribution in [0.2, 0.25) is 0 Å². The number of nitrogens with one attached hydrogen (secondary N) is 2. The van der Waals surface area contributed by atoms with Gasteiger partial charge in [0, 0.05) is 20.0 Å². The molecule has 0 bridgehead atoms.